The molecule has 0 spiro atoms. The van der Waals surface area contributed by atoms with Crippen LogP contribution >= 0.6 is 20.2 Å². The van der Waals surface area contributed by atoms with Gasteiger partial charge in [0.05, 0.1) is 12.3 Å². The van der Waals surface area contributed by atoms with Crippen molar-refractivity contribution in [1.29, 1.82) is 0 Å². The Morgan fingerprint density at radius 3 is 2.46 bits per heavy atom. The van der Waals surface area contributed by atoms with Gasteiger partial charge < -0.3 is 15.5 Å². The van der Waals surface area contributed by atoms with E-state index in [0.29, 0.717) is 12.2 Å². The maximum absolute atomic E-state index is 10.7. The Kier molecular flexibility index (Phi) is 5.59. The molecule has 1 atom stereocenters. The molecule has 0 aliphatic rings. The maximum atomic E-state index is 10.7. The van der Waals surface area contributed by atoms with Gasteiger partial charge in [0.25, 0.3) is 0 Å². The van der Waals surface area contributed by atoms with Crippen molar-refractivity contribution in [3.8, 4) is 0 Å². The van der Waals surface area contributed by atoms with Gasteiger partial charge in [-0.3, -0.25) is 14.7 Å². The summed E-state index contributed by atoms with van der Waals surface area (Å²) in [5, 5.41) is 2.37. The summed E-state index contributed by atoms with van der Waals surface area (Å²) in [5.74, 6) is -0.218. The highest BCUT2D eigenvalue weighted by atomic mass is 32.1. The number of carbonyl (C=O) groups is 1. The lowest BCUT2D eigenvalue weighted by Gasteiger charge is -2.14. The average Bonchev–Trinajstić information content (AvgIpc) is 1.95. The summed E-state index contributed by atoms with van der Waals surface area (Å²) < 4.78 is 10.4. The topological polar surface area (TPSA) is 113 Å². The van der Waals surface area contributed by atoms with E-state index in [4.69, 9.17) is 15.5 Å². The highest BCUT2D eigenvalue weighted by molar-refractivity contribution is 7.80. The van der Waals surface area contributed by atoms with E-state index < -0.39 is 25.8 Å². The second-order valence-electron chi connectivity index (χ2n) is 2.49. The molecule has 0 fully saturated rings. The Bertz CT molecular complexity index is 219. The van der Waals surface area contributed by atoms with Crippen LogP contribution in [0, 0.1) is 0 Å². The van der Waals surface area contributed by atoms with Crippen LogP contribution in [0.5, 0.6) is 0 Å². The van der Waals surface area contributed by atoms with Gasteiger partial charge in [0.1, 0.15) is 0 Å². The molecule has 6 nitrogen and oxygen atoms in total. The summed E-state index contributed by atoms with van der Waals surface area (Å²) in [6.07, 6.45) is -0.202. The van der Waals surface area contributed by atoms with Gasteiger partial charge in [-0.2, -0.15) is 12.6 Å². The first-order valence-electron chi connectivity index (χ1n) is 3.55. The van der Waals surface area contributed by atoms with Crippen molar-refractivity contribution in [2.75, 3.05) is 12.0 Å². The molecule has 1 unspecified atom stereocenters. The molecule has 78 valence electrons. The van der Waals surface area contributed by atoms with Crippen LogP contribution in [0.15, 0.2) is 0 Å². The van der Waals surface area contributed by atoms with E-state index in [1.54, 1.807) is 0 Å². The van der Waals surface area contributed by atoms with Crippen LogP contribution in [0.3, 0.4) is 0 Å². The van der Waals surface area contributed by atoms with Crippen LogP contribution in [-0.2, 0) is 9.36 Å². The first kappa shape index (κ1) is 12.9. The van der Waals surface area contributed by atoms with Gasteiger partial charge in [-0.05, 0) is 12.2 Å². The predicted octanol–water partition coefficient (Wildman–Crippen LogP) is -1.11. The number of primary amides is 1. The molecule has 0 aliphatic heterocycles. The zero-order chi connectivity index (χ0) is 10.5. The van der Waals surface area contributed by atoms with Gasteiger partial charge in [0.15, 0.2) is 0 Å². The number of thiol groups is 1. The van der Waals surface area contributed by atoms with Crippen LogP contribution < -0.4 is 11.1 Å². The molecule has 0 heterocycles. The molecule has 0 saturated heterocycles. The highest BCUT2D eigenvalue weighted by Gasteiger charge is 2.19. The van der Waals surface area contributed by atoms with Crippen LogP contribution in [0.2, 0.25) is 0 Å². The van der Waals surface area contributed by atoms with Gasteiger partial charge in [-0.15, -0.1) is 0 Å². The summed E-state index contributed by atoms with van der Waals surface area (Å²) in [4.78, 5) is 27.7. The predicted molar refractivity (Wildman–Crippen MR) is 51.5 cm³/mol. The first-order valence-corrected chi connectivity index (χ1v) is 5.98. The SMILES string of the molecule is NC(=O)C(CCS)NCP(=O)(O)O. The number of amides is 1. The van der Waals surface area contributed by atoms with E-state index in [9.17, 15) is 9.36 Å². The molecule has 0 radical (unpaired) electrons. The first-order chi connectivity index (χ1) is 5.87. The second-order valence-corrected chi connectivity index (χ2v) is 4.59. The average molecular weight is 228 g/mol. The van der Waals surface area contributed by atoms with Gasteiger partial charge >= 0.3 is 7.60 Å². The summed E-state index contributed by atoms with van der Waals surface area (Å²) in [6.45, 7) is 0. The Labute approximate surface area is 81.5 Å². The lowest BCUT2D eigenvalue weighted by molar-refractivity contribution is -0.119. The van der Waals surface area contributed by atoms with Crippen molar-refractivity contribution >= 4 is 26.1 Å². The quantitative estimate of drug-likeness (QED) is 0.292. The molecular weight excluding hydrogens is 215 g/mol. The third-order valence-corrected chi connectivity index (χ3v) is 2.16. The normalized spacial score (nSPS) is 14.1. The van der Waals surface area contributed by atoms with E-state index in [1.807, 2.05) is 0 Å². The lowest BCUT2D eigenvalue weighted by Crippen LogP contribution is -2.41. The van der Waals surface area contributed by atoms with Crippen LogP contribution in [0.25, 0.3) is 0 Å². The fourth-order valence-electron chi connectivity index (χ4n) is 0.703. The largest absolute Gasteiger partial charge is 0.368 e. The van der Waals surface area contributed by atoms with E-state index in [1.165, 1.54) is 0 Å². The Balaban J connectivity index is 3.97. The van der Waals surface area contributed by atoms with Crippen LogP contribution in [-0.4, -0.2) is 33.8 Å². The monoisotopic (exact) mass is 228 g/mol. The molecular formula is C5H13N2O4PS. The molecule has 0 rings (SSSR count). The Morgan fingerprint density at radius 1 is 1.62 bits per heavy atom. The maximum Gasteiger partial charge on any atom is 0.339 e. The lowest BCUT2D eigenvalue weighted by atomic mass is 10.2. The minimum atomic E-state index is -4.13. The Morgan fingerprint density at radius 2 is 2.15 bits per heavy atom. The van der Waals surface area contributed by atoms with Crippen molar-refractivity contribution in [3.05, 3.63) is 0 Å². The van der Waals surface area contributed by atoms with Crippen LogP contribution in [0.1, 0.15) is 6.42 Å². The smallest absolute Gasteiger partial charge is 0.339 e. The van der Waals surface area contributed by atoms with E-state index in [-0.39, 0.29) is 0 Å². The minimum absolute atomic E-state index is 0.346. The van der Waals surface area contributed by atoms with Gasteiger partial charge in [-0.25, -0.2) is 0 Å². The van der Waals surface area contributed by atoms with Gasteiger partial charge in [-0.1, -0.05) is 0 Å². The summed E-state index contributed by atoms with van der Waals surface area (Å²) in [7, 11) is -4.13. The van der Waals surface area contributed by atoms with E-state index >= 15 is 0 Å². The van der Waals surface area contributed by atoms with E-state index in [0.717, 1.165) is 0 Å². The molecule has 1 amide bonds. The summed E-state index contributed by atoms with van der Waals surface area (Å²) in [6, 6.07) is -0.731. The number of hydrogen-bond acceptors (Lipinski definition) is 4. The second kappa shape index (κ2) is 5.62. The fraction of sp³-hybridized carbons (Fsp3) is 0.800. The number of nitrogens with two attached hydrogens (primary N) is 1. The van der Waals surface area contributed by atoms with Crippen molar-refractivity contribution in [3.63, 3.8) is 0 Å². The molecule has 0 aliphatic carbocycles. The van der Waals surface area contributed by atoms with Crippen molar-refractivity contribution in [1.82, 2.24) is 5.32 Å². The molecule has 0 saturated carbocycles. The van der Waals surface area contributed by atoms with Crippen molar-refractivity contribution < 1.29 is 19.1 Å². The molecule has 0 aromatic carbocycles. The molecule has 5 N–H and O–H groups in total. The fourth-order valence-corrected chi connectivity index (χ4v) is 1.42. The molecule has 0 bridgehead atoms. The number of rotatable bonds is 6. The molecule has 0 aromatic heterocycles. The van der Waals surface area contributed by atoms with Crippen molar-refractivity contribution in [2.45, 2.75) is 12.5 Å². The van der Waals surface area contributed by atoms with E-state index in [2.05, 4.69) is 17.9 Å². The van der Waals surface area contributed by atoms with Crippen LogP contribution in [0.4, 0.5) is 0 Å². The zero-order valence-electron chi connectivity index (χ0n) is 6.88. The highest BCUT2D eigenvalue weighted by Crippen LogP contribution is 2.32. The minimum Gasteiger partial charge on any atom is -0.368 e. The summed E-state index contributed by atoms with van der Waals surface area (Å²) >= 11 is 3.88. The molecule has 8 heteroatoms. The number of hydrogen-bond donors (Lipinski definition) is 5. The Hall–Kier alpha value is -0.0700. The molecule has 13 heavy (non-hydrogen) atoms. The number of nitrogens with one attached hydrogen (secondary N) is 1. The number of carbonyl (C=O) groups excluding carboxylic acids is 1. The standard InChI is InChI=1S/C5H13N2O4PS/c6-5(8)4(1-2-13)7-3-12(9,10)11/h4,7,13H,1-3H2,(H2,6,8)(H2,9,10,11). The van der Waals surface area contributed by atoms with Crippen molar-refractivity contribution in [2.24, 2.45) is 5.73 Å². The third kappa shape index (κ3) is 7.04. The zero-order valence-corrected chi connectivity index (χ0v) is 8.67. The van der Waals surface area contributed by atoms with Gasteiger partial charge in [0, 0.05) is 0 Å². The third-order valence-electron chi connectivity index (χ3n) is 1.30. The molecule has 0 aromatic rings. The summed E-state index contributed by atoms with van der Waals surface area (Å²) in [5.41, 5.74) is 4.96. The van der Waals surface area contributed by atoms with Gasteiger partial charge in [0.2, 0.25) is 5.91 Å².